The summed E-state index contributed by atoms with van der Waals surface area (Å²) in [5.41, 5.74) is 3.49. The van der Waals surface area contributed by atoms with Gasteiger partial charge in [-0.3, -0.25) is 0 Å². The number of nitrogens with zero attached hydrogens (tertiary/aromatic N) is 4. The number of H-pyrrole nitrogens is 1. The fourth-order valence-corrected chi connectivity index (χ4v) is 4.38. The zero-order valence-corrected chi connectivity index (χ0v) is 18.1. The van der Waals surface area contributed by atoms with Crippen molar-refractivity contribution in [1.82, 2.24) is 25.3 Å². The van der Waals surface area contributed by atoms with E-state index in [0.717, 1.165) is 46.8 Å². The van der Waals surface area contributed by atoms with Crippen LogP contribution in [-0.4, -0.2) is 45.1 Å². The predicted octanol–water partition coefficient (Wildman–Crippen LogP) is 3.96. The molecule has 7 nitrogen and oxygen atoms in total. The van der Waals surface area contributed by atoms with Gasteiger partial charge in [0.25, 0.3) is 0 Å². The van der Waals surface area contributed by atoms with Crippen LogP contribution in [0.1, 0.15) is 19.5 Å². The molecule has 5 rings (SSSR count). The molecule has 3 N–H and O–H groups in total. The van der Waals surface area contributed by atoms with Gasteiger partial charge in [-0.1, -0.05) is 18.2 Å². The van der Waals surface area contributed by atoms with Crippen molar-refractivity contribution in [1.29, 1.82) is 0 Å². The quantitative estimate of drug-likeness (QED) is 0.444. The second-order valence-electron chi connectivity index (χ2n) is 8.37. The van der Waals surface area contributed by atoms with E-state index in [4.69, 9.17) is 4.98 Å². The van der Waals surface area contributed by atoms with Crippen LogP contribution < -0.4 is 15.5 Å². The summed E-state index contributed by atoms with van der Waals surface area (Å²) in [5.74, 6) is 1.44. The van der Waals surface area contributed by atoms with Crippen LogP contribution in [-0.2, 0) is 6.54 Å². The first-order valence-electron chi connectivity index (χ1n) is 10.9. The maximum absolute atomic E-state index is 13.4. The number of hydrogen-bond donors (Lipinski definition) is 3. The van der Waals surface area contributed by atoms with E-state index in [1.54, 1.807) is 12.1 Å². The number of halogens is 1. The maximum atomic E-state index is 13.4. The summed E-state index contributed by atoms with van der Waals surface area (Å²) in [7, 11) is 0. The van der Waals surface area contributed by atoms with E-state index in [1.807, 2.05) is 18.3 Å². The van der Waals surface area contributed by atoms with Crippen LogP contribution in [0.5, 0.6) is 0 Å². The zero-order chi connectivity index (χ0) is 22.1. The van der Waals surface area contributed by atoms with Gasteiger partial charge in [0.2, 0.25) is 0 Å². The molecule has 2 atom stereocenters. The van der Waals surface area contributed by atoms with Gasteiger partial charge in [-0.2, -0.15) is 0 Å². The molecule has 8 heteroatoms. The van der Waals surface area contributed by atoms with Gasteiger partial charge in [0.1, 0.15) is 29.4 Å². The van der Waals surface area contributed by atoms with Crippen LogP contribution in [0.4, 0.5) is 16.0 Å². The normalized spacial score (nSPS) is 18.8. The van der Waals surface area contributed by atoms with E-state index in [1.165, 1.54) is 18.5 Å². The number of aromatic nitrogens is 4. The molecule has 4 heterocycles. The molecule has 164 valence electrons. The average Bonchev–Trinajstić information content (AvgIpc) is 3.23. The van der Waals surface area contributed by atoms with Crippen LogP contribution in [0, 0.1) is 5.82 Å². The minimum absolute atomic E-state index is 0.262. The fraction of sp³-hybridized carbons (Fsp3) is 0.292. The largest absolute Gasteiger partial charge is 0.364 e. The van der Waals surface area contributed by atoms with E-state index < -0.39 is 0 Å². The van der Waals surface area contributed by atoms with Crippen LogP contribution in [0.15, 0.2) is 55.0 Å². The molecule has 0 saturated carbocycles. The van der Waals surface area contributed by atoms with Crippen LogP contribution in [0.25, 0.3) is 22.2 Å². The van der Waals surface area contributed by atoms with E-state index in [0.29, 0.717) is 24.4 Å². The molecule has 0 spiro atoms. The summed E-state index contributed by atoms with van der Waals surface area (Å²) in [5, 5.41) is 7.85. The molecular formula is C24H26FN7. The van der Waals surface area contributed by atoms with Crippen molar-refractivity contribution < 1.29 is 4.39 Å². The second-order valence-corrected chi connectivity index (χ2v) is 8.37. The lowest BCUT2D eigenvalue weighted by Crippen LogP contribution is -2.54. The number of anilines is 2. The SMILES string of the molecule is C[C@@H]1CN(c2cccc(CNc3ncnc4[nH]cc(-c5ccc(F)cc5)c34)n2)C[C@H](C)N1. The third-order valence-electron chi connectivity index (χ3n) is 5.74. The van der Waals surface area contributed by atoms with Crippen molar-refractivity contribution in [2.75, 3.05) is 23.3 Å². The smallest absolute Gasteiger partial charge is 0.143 e. The molecule has 1 aromatic carbocycles. The molecule has 3 aromatic heterocycles. The van der Waals surface area contributed by atoms with E-state index >= 15 is 0 Å². The minimum atomic E-state index is -0.262. The Balaban J connectivity index is 1.39. The summed E-state index contributed by atoms with van der Waals surface area (Å²) >= 11 is 0. The van der Waals surface area contributed by atoms with Crippen molar-refractivity contribution in [3.8, 4) is 11.1 Å². The standard InChI is InChI=1S/C24H26FN7/c1-15-12-32(13-16(2)30-15)21-5-3-4-19(31-21)10-26-23-22-20(11-27-24(22)29-14-28-23)17-6-8-18(25)9-7-17/h3-9,11,14-16,30H,10,12-13H2,1-2H3,(H2,26,27,28,29)/t15-,16+. The Morgan fingerprint density at radius 3 is 2.62 bits per heavy atom. The third kappa shape index (κ3) is 4.13. The lowest BCUT2D eigenvalue weighted by molar-refractivity contribution is 0.405. The van der Waals surface area contributed by atoms with Gasteiger partial charge in [-0.25, -0.2) is 19.3 Å². The van der Waals surface area contributed by atoms with Gasteiger partial charge in [-0.05, 0) is 43.7 Å². The molecule has 1 fully saturated rings. The summed E-state index contributed by atoms with van der Waals surface area (Å²) < 4.78 is 13.4. The summed E-state index contributed by atoms with van der Waals surface area (Å²) in [6, 6.07) is 13.4. The highest BCUT2D eigenvalue weighted by Gasteiger charge is 2.22. The van der Waals surface area contributed by atoms with Crippen LogP contribution in [0.2, 0.25) is 0 Å². The minimum Gasteiger partial charge on any atom is -0.364 e. The van der Waals surface area contributed by atoms with Gasteiger partial charge in [-0.15, -0.1) is 0 Å². The molecule has 1 aliphatic rings. The molecular weight excluding hydrogens is 405 g/mol. The number of pyridine rings is 1. The lowest BCUT2D eigenvalue weighted by atomic mass is 10.1. The van der Waals surface area contributed by atoms with E-state index in [9.17, 15) is 4.39 Å². The Labute approximate surface area is 186 Å². The summed E-state index contributed by atoms with van der Waals surface area (Å²) in [4.78, 5) is 19.2. The first kappa shape index (κ1) is 20.4. The monoisotopic (exact) mass is 431 g/mol. The molecule has 1 saturated heterocycles. The Kier molecular flexibility index (Phi) is 5.45. The molecule has 0 unspecified atom stereocenters. The second kappa shape index (κ2) is 8.55. The Hall–Kier alpha value is -3.52. The van der Waals surface area contributed by atoms with Crippen molar-refractivity contribution in [2.24, 2.45) is 0 Å². The number of fused-ring (bicyclic) bond motifs is 1. The van der Waals surface area contributed by atoms with Gasteiger partial charge in [0, 0.05) is 36.9 Å². The molecule has 0 aliphatic carbocycles. The Morgan fingerprint density at radius 1 is 1.06 bits per heavy atom. The van der Waals surface area contributed by atoms with E-state index in [2.05, 4.69) is 50.4 Å². The molecule has 0 amide bonds. The first-order chi connectivity index (χ1) is 15.6. The highest BCUT2D eigenvalue weighted by atomic mass is 19.1. The fourth-order valence-electron chi connectivity index (χ4n) is 4.38. The van der Waals surface area contributed by atoms with Gasteiger partial charge in [0.15, 0.2) is 0 Å². The molecule has 1 aliphatic heterocycles. The van der Waals surface area contributed by atoms with Crippen molar-refractivity contribution in [2.45, 2.75) is 32.5 Å². The lowest BCUT2D eigenvalue weighted by Gasteiger charge is -2.37. The molecule has 0 radical (unpaired) electrons. The number of aromatic amines is 1. The first-order valence-corrected chi connectivity index (χ1v) is 10.9. The van der Waals surface area contributed by atoms with Crippen molar-refractivity contribution >= 4 is 22.7 Å². The molecule has 0 bridgehead atoms. The van der Waals surface area contributed by atoms with Crippen molar-refractivity contribution in [3.63, 3.8) is 0 Å². The van der Waals surface area contributed by atoms with Crippen LogP contribution >= 0.6 is 0 Å². The maximum Gasteiger partial charge on any atom is 0.143 e. The number of nitrogens with one attached hydrogen (secondary N) is 3. The van der Waals surface area contributed by atoms with Gasteiger partial charge < -0.3 is 20.5 Å². The number of piperazine rings is 1. The summed E-state index contributed by atoms with van der Waals surface area (Å²) in [6.45, 7) is 6.80. The number of rotatable bonds is 5. The van der Waals surface area contributed by atoms with Gasteiger partial charge >= 0.3 is 0 Å². The van der Waals surface area contributed by atoms with Crippen molar-refractivity contribution in [3.05, 3.63) is 66.5 Å². The highest BCUT2D eigenvalue weighted by molar-refractivity contribution is 6.00. The Bertz CT molecular complexity index is 1210. The predicted molar refractivity (Wildman–Crippen MR) is 125 cm³/mol. The van der Waals surface area contributed by atoms with E-state index in [-0.39, 0.29) is 5.82 Å². The Morgan fingerprint density at radius 2 is 1.84 bits per heavy atom. The third-order valence-corrected chi connectivity index (χ3v) is 5.74. The van der Waals surface area contributed by atoms with Crippen LogP contribution in [0.3, 0.4) is 0 Å². The topological polar surface area (TPSA) is 81.8 Å². The molecule has 4 aromatic rings. The molecule has 32 heavy (non-hydrogen) atoms. The van der Waals surface area contributed by atoms with Gasteiger partial charge in [0.05, 0.1) is 17.6 Å². The zero-order valence-electron chi connectivity index (χ0n) is 18.1. The highest BCUT2D eigenvalue weighted by Crippen LogP contribution is 2.32. The average molecular weight is 432 g/mol. The number of benzene rings is 1. The number of hydrogen-bond acceptors (Lipinski definition) is 6. The summed E-state index contributed by atoms with van der Waals surface area (Å²) in [6.07, 6.45) is 3.41.